The lowest BCUT2D eigenvalue weighted by Crippen LogP contribution is -2.46. The third-order valence-electron chi connectivity index (χ3n) is 8.00. The molecular formula is C31H28BrF3N8O2. The summed E-state index contributed by atoms with van der Waals surface area (Å²) in [6.45, 7) is 7.39. The van der Waals surface area contributed by atoms with Crippen molar-refractivity contribution in [1.82, 2.24) is 39.6 Å². The molecule has 45 heavy (non-hydrogen) atoms. The van der Waals surface area contributed by atoms with Gasteiger partial charge in [-0.3, -0.25) is 14.7 Å². The second-order valence-corrected chi connectivity index (χ2v) is 11.9. The quantitative estimate of drug-likeness (QED) is 0.253. The van der Waals surface area contributed by atoms with E-state index in [9.17, 15) is 22.8 Å². The van der Waals surface area contributed by atoms with Crippen LogP contribution in [-0.4, -0.2) is 51.6 Å². The Bertz CT molecular complexity index is 2000. The molecule has 10 nitrogen and oxygen atoms in total. The first kappa shape index (κ1) is 30.4. The molecule has 0 saturated heterocycles. The maximum absolute atomic E-state index is 14.3. The molecule has 3 aromatic heterocycles. The van der Waals surface area contributed by atoms with Gasteiger partial charge in [0.25, 0.3) is 11.5 Å². The highest BCUT2D eigenvalue weighted by molar-refractivity contribution is 9.10. The molecule has 1 atom stereocenters. The minimum absolute atomic E-state index is 0.0538. The van der Waals surface area contributed by atoms with Gasteiger partial charge in [0.15, 0.2) is 0 Å². The van der Waals surface area contributed by atoms with Gasteiger partial charge in [-0.2, -0.15) is 18.3 Å². The summed E-state index contributed by atoms with van der Waals surface area (Å²) in [5.74, 6) is -0.338. The standard InChI is InChI=1S/C31H28BrF3N8O2/c1-5-21-12-17(3)43(39-21)30-36-26-15-41(28(44)20-8-11-25(32)24(14-20)31(33,34)35)16(2)13-23(26)29(45)42(30)22-9-6-19(7-10-22)27-18(4)37-40-38-27/h6-12,14,16H,5,13,15H2,1-4H3,(H,37,38,40)/t16-/m1/s1. The van der Waals surface area contributed by atoms with Crippen LogP contribution < -0.4 is 5.56 Å². The van der Waals surface area contributed by atoms with Gasteiger partial charge in [-0.1, -0.05) is 40.2 Å². The highest BCUT2D eigenvalue weighted by Crippen LogP contribution is 2.36. The summed E-state index contributed by atoms with van der Waals surface area (Å²) in [5.41, 5.74) is 3.93. The number of amides is 1. The number of halogens is 4. The van der Waals surface area contributed by atoms with Gasteiger partial charge in [0, 0.05) is 32.9 Å². The maximum Gasteiger partial charge on any atom is 0.417 e. The van der Waals surface area contributed by atoms with E-state index in [1.807, 2.05) is 51.1 Å². The smallest absolute Gasteiger partial charge is 0.330 e. The zero-order chi connectivity index (χ0) is 32.2. The van der Waals surface area contributed by atoms with E-state index < -0.39 is 23.7 Å². The van der Waals surface area contributed by atoms with Crippen molar-refractivity contribution < 1.29 is 18.0 Å². The fourth-order valence-electron chi connectivity index (χ4n) is 5.58. The van der Waals surface area contributed by atoms with Crippen LogP contribution >= 0.6 is 15.9 Å². The molecule has 0 unspecified atom stereocenters. The van der Waals surface area contributed by atoms with E-state index >= 15 is 0 Å². The average molecular weight is 682 g/mol. The van der Waals surface area contributed by atoms with Crippen molar-refractivity contribution in [1.29, 1.82) is 0 Å². The monoisotopic (exact) mass is 680 g/mol. The van der Waals surface area contributed by atoms with Crippen LogP contribution in [0.2, 0.25) is 0 Å². The zero-order valence-electron chi connectivity index (χ0n) is 24.8. The van der Waals surface area contributed by atoms with Crippen LogP contribution in [0.15, 0.2) is 57.8 Å². The first-order valence-electron chi connectivity index (χ1n) is 14.2. The van der Waals surface area contributed by atoms with Crippen molar-refractivity contribution in [3.05, 3.63) is 103 Å². The van der Waals surface area contributed by atoms with Gasteiger partial charge >= 0.3 is 6.18 Å². The zero-order valence-corrected chi connectivity index (χ0v) is 26.4. The number of alkyl halides is 3. The fraction of sp³-hybridized carbons (Fsp3) is 0.290. The first-order chi connectivity index (χ1) is 21.4. The van der Waals surface area contributed by atoms with E-state index in [0.29, 0.717) is 23.4 Å². The Morgan fingerprint density at radius 3 is 2.47 bits per heavy atom. The SMILES string of the molecule is CCc1cc(C)n(-c2nc3c(c(=O)n2-c2ccc(-c4[nH]nnc4C)cc2)C[C@@H](C)N(C(=O)c2ccc(Br)c(C(F)(F)F)c2)C3)n1. The molecule has 0 saturated carbocycles. The lowest BCUT2D eigenvalue weighted by Gasteiger charge is -2.34. The number of benzene rings is 2. The summed E-state index contributed by atoms with van der Waals surface area (Å²) in [6.07, 6.45) is -3.80. The summed E-state index contributed by atoms with van der Waals surface area (Å²) >= 11 is 2.93. The van der Waals surface area contributed by atoms with Crippen LogP contribution in [0, 0.1) is 13.8 Å². The van der Waals surface area contributed by atoms with Crippen LogP contribution in [0.3, 0.4) is 0 Å². The summed E-state index contributed by atoms with van der Waals surface area (Å²) < 4.78 is 43.7. The van der Waals surface area contributed by atoms with E-state index in [1.165, 1.54) is 21.6 Å². The van der Waals surface area contributed by atoms with Crippen LogP contribution in [-0.2, 0) is 25.6 Å². The van der Waals surface area contributed by atoms with Crippen LogP contribution in [0.1, 0.15) is 58.1 Å². The molecule has 0 fully saturated rings. The van der Waals surface area contributed by atoms with E-state index in [4.69, 9.17) is 4.98 Å². The Labute approximate surface area is 264 Å². The van der Waals surface area contributed by atoms with Crippen LogP contribution in [0.4, 0.5) is 13.2 Å². The highest BCUT2D eigenvalue weighted by atomic mass is 79.9. The Kier molecular flexibility index (Phi) is 7.71. The Balaban J connectivity index is 1.45. The number of fused-ring (bicyclic) bond motifs is 1. The molecule has 0 spiro atoms. The van der Waals surface area contributed by atoms with Crippen molar-refractivity contribution in [2.24, 2.45) is 0 Å². The number of hydrogen-bond acceptors (Lipinski definition) is 6. The highest BCUT2D eigenvalue weighted by Gasteiger charge is 2.36. The molecule has 232 valence electrons. The van der Waals surface area contributed by atoms with E-state index in [0.717, 1.165) is 34.4 Å². The van der Waals surface area contributed by atoms with Crippen molar-refractivity contribution >= 4 is 21.8 Å². The van der Waals surface area contributed by atoms with E-state index in [2.05, 4.69) is 36.4 Å². The van der Waals surface area contributed by atoms with Gasteiger partial charge < -0.3 is 4.90 Å². The van der Waals surface area contributed by atoms with Gasteiger partial charge in [0.1, 0.15) is 0 Å². The molecule has 0 bridgehead atoms. The molecule has 0 aliphatic carbocycles. The molecule has 5 aromatic rings. The number of H-pyrrole nitrogens is 1. The van der Waals surface area contributed by atoms with E-state index in [-0.39, 0.29) is 34.5 Å². The maximum atomic E-state index is 14.3. The Morgan fingerprint density at radius 2 is 1.84 bits per heavy atom. The fourth-order valence-corrected chi connectivity index (χ4v) is 6.05. The molecule has 0 radical (unpaired) electrons. The van der Waals surface area contributed by atoms with Gasteiger partial charge in [-0.15, -0.1) is 5.10 Å². The number of carbonyl (C=O) groups is 1. The van der Waals surface area contributed by atoms with E-state index in [1.54, 1.807) is 11.6 Å². The molecule has 14 heteroatoms. The average Bonchev–Trinajstić information content (AvgIpc) is 3.61. The summed E-state index contributed by atoms with van der Waals surface area (Å²) in [5, 5.41) is 15.4. The van der Waals surface area contributed by atoms with Crippen LogP contribution in [0.25, 0.3) is 22.9 Å². The van der Waals surface area contributed by atoms with Gasteiger partial charge in [0.2, 0.25) is 5.95 Å². The topological polar surface area (TPSA) is 115 Å². The molecule has 4 heterocycles. The minimum atomic E-state index is -4.64. The molecule has 2 aromatic carbocycles. The summed E-state index contributed by atoms with van der Waals surface area (Å²) in [6, 6.07) is 12.2. The van der Waals surface area contributed by atoms with Crippen molar-refractivity contribution in [2.75, 3.05) is 0 Å². The van der Waals surface area contributed by atoms with Crippen molar-refractivity contribution in [3.8, 4) is 22.9 Å². The third kappa shape index (κ3) is 5.47. The predicted octanol–water partition coefficient (Wildman–Crippen LogP) is 5.75. The molecule has 6 rings (SSSR count). The number of hydrogen-bond donors (Lipinski definition) is 1. The number of aromatic nitrogens is 7. The predicted molar refractivity (Wildman–Crippen MR) is 163 cm³/mol. The lowest BCUT2D eigenvalue weighted by atomic mass is 9.98. The number of aryl methyl sites for hydroxylation is 3. The molecule has 1 amide bonds. The minimum Gasteiger partial charge on any atom is -0.330 e. The van der Waals surface area contributed by atoms with Gasteiger partial charge in [0.05, 0.1) is 40.6 Å². The second-order valence-electron chi connectivity index (χ2n) is 11.0. The molecule has 1 N–H and O–H groups in total. The van der Waals surface area contributed by atoms with Crippen molar-refractivity contribution in [2.45, 2.75) is 59.3 Å². The number of nitrogens with one attached hydrogen (secondary N) is 1. The number of nitrogens with zero attached hydrogens (tertiary/aromatic N) is 7. The molecule has 1 aliphatic heterocycles. The lowest BCUT2D eigenvalue weighted by molar-refractivity contribution is -0.138. The Hall–Kier alpha value is -4.59. The largest absolute Gasteiger partial charge is 0.417 e. The van der Waals surface area contributed by atoms with Crippen molar-refractivity contribution in [3.63, 3.8) is 0 Å². The summed E-state index contributed by atoms with van der Waals surface area (Å²) in [7, 11) is 0. The number of rotatable bonds is 5. The first-order valence-corrected chi connectivity index (χ1v) is 15.0. The Morgan fingerprint density at radius 1 is 1.11 bits per heavy atom. The summed E-state index contributed by atoms with van der Waals surface area (Å²) in [4.78, 5) is 34.2. The normalized spacial score (nSPS) is 14.9. The number of aromatic amines is 1. The van der Waals surface area contributed by atoms with Crippen LogP contribution in [0.5, 0.6) is 0 Å². The van der Waals surface area contributed by atoms with Gasteiger partial charge in [-0.25, -0.2) is 14.2 Å². The third-order valence-corrected chi connectivity index (χ3v) is 8.69. The second kappa shape index (κ2) is 11.4. The molecule has 1 aliphatic rings. The number of carbonyl (C=O) groups excluding carboxylic acids is 1. The molecular weight excluding hydrogens is 653 g/mol. The van der Waals surface area contributed by atoms with Gasteiger partial charge in [-0.05, 0) is 70.0 Å².